The predicted molar refractivity (Wildman–Crippen MR) is 94.4 cm³/mol. The van der Waals surface area contributed by atoms with Crippen molar-refractivity contribution in [2.75, 3.05) is 5.32 Å². The Labute approximate surface area is 141 Å². The summed E-state index contributed by atoms with van der Waals surface area (Å²) in [5.41, 5.74) is 5.66. The molecule has 6 heteroatoms. The molecule has 0 spiro atoms. The van der Waals surface area contributed by atoms with Crippen molar-refractivity contribution in [2.24, 2.45) is 0 Å². The van der Waals surface area contributed by atoms with Gasteiger partial charge < -0.3 is 5.32 Å². The summed E-state index contributed by atoms with van der Waals surface area (Å²) >= 11 is 0. The summed E-state index contributed by atoms with van der Waals surface area (Å²) in [6.45, 7) is 10.2. The first-order valence-electron chi connectivity index (χ1n) is 7.92. The lowest BCUT2D eigenvalue weighted by atomic mass is 10.1. The summed E-state index contributed by atoms with van der Waals surface area (Å²) < 4.78 is 1.98. The van der Waals surface area contributed by atoms with E-state index >= 15 is 0 Å². The molecule has 0 saturated heterocycles. The number of aryl methyl sites for hydroxylation is 2. The van der Waals surface area contributed by atoms with Gasteiger partial charge >= 0.3 is 0 Å². The van der Waals surface area contributed by atoms with E-state index in [9.17, 15) is 5.26 Å². The summed E-state index contributed by atoms with van der Waals surface area (Å²) in [5, 5.41) is 26.5. The zero-order chi connectivity index (χ0) is 17.4. The van der Waals surface area contributed by atoms with Gasteiger partial charge in [-0.1, -0.05) is 11.6 Å². The third kappa shape index (κ3) is 2.58. The number of benzene rings is 1. The second kappa shape index (κ2) is 5.93. The number of hydrogen-bond donors (Lipinski definition) is 1. The Morgan fingerprint density at radius 1 is 1.12 bits per heavy atom. The highest BCUT2D eigenvalue weighted by molar-refractivity contribution is 5.95. The van der Waals surface area contributed by atoms with Gasteiger partial charge in [0.15, 0.2) is 5.69 Å². The molecule has 24 heavy (non-hydrogen) atoms. The standard InChI is InChI=1S/C18H20N6/c1-10(2)24-13(5)17(12(4)23-24)20-18-14-8-11(3)6-7-15(14)21-22-16(18)9-19/h6-8,10H,1-5H3,(H,20,21). The fraction of sp³-hybridized carbons (Fsp3) is 0.333. The summed E-state index contributed by atoms with van der Waals surface area (Å²) in [6, 6.07) is 8.32. The van der Waals surface area contributed by atoms with E-state index in [0.717, 1.165) is 33.5 Å². The molecule has 0 unspecified atom stereocenters. The minimum absolute atomic E-state index is 0.268. The highest BCUT2D eigenvalue weighted by Gasteiger charge is 2.17. The topological polar surface area (TPSA) is 79.4 Å². The normalized spacial score (nSPS) is 11.0. The lowest BCUT2D eigenvalue weighted by Crippen LogP contribution is -2.05. The Kier molecular flexibility index (Phi) is 3.94. The Balaban J connectivity index is 2.20. The van der Waals surface area contributed by atoms with E-state index in [1.54, 1.807) is 0 Å². The number of nitriles is 1. The van der Waals surface area contributed by atoms with Gasteiger partial charge in [-0.3, -0.25) is 4.68 Å². The smallest absolute Gasteiger partial charge is 0.187 e. The molecule has 0 aliphatic heterocycles. The Morgan fingerprint density at radius 2 is 1.88 bits per heavy atom. The molecule has 2 heterocycles. The third-order valence-electron chi connectivity index (χ3n) is 4.09. The summed E-state index contributed by atoms with van der Waals surface area (Å²) in [4.78, 5) is 0. The Hall–Kier alpha value is -2.94. The number of anilines is 2. The minimum Gasteiger partial charge on any atom is -0.350 e. The molecule has 1 aromatic carbocycles. The third-order valence-corrected chi connectivity index (χ3v) is 4.09. The van der Waals surface area contributed by atoms with Crippen molar-refractivity contribution in [1.29, 1.82) is 5.26 Å². The maximum Gasteiger partial charge on any atom is 0.187 e. The first-order chi connectivity index (χ1) is 11.4. The molecular weight excluding hydrogens is 300 g/mol. The van der Waals surface area contributed by atoms with Crippen LogP contribution in [0.1, 0.15) is 42.5 Å². The van der Waals surface area contributed by atoms with Crippen molar-refractivity contribution in [2.45, 2.75) is 40.7 Å². The van der Waals surface area contributed by atoms with E-state index < -0.39 is 0 Å². The van der Waals surface area contributed by atoms with Crippen molar-refractivity contribution in [3.05, 3.63) is 40.8 Å². The van der Waals surface area contributed by atoms with Crippen LogP contribution < -0.4 is 5.32 Å². The van der Waals surface area contributed by atoms with Gasteiger partial charge in [-0.25, -0.2) is 0 Å². The number of hydrogen-bond acceptors (Lipinski definition) is 5. The van der Waals surface area contributed by atoms with Gasteiger partial charge in [0.25, 0.3) is 0 Å². The average molecular weight is 320 g/mol. The van der Waals surface area contributed by atoms with Crippen LogP contribution in [0, 0.1) is 32.1 Å². The number of fused-ring (bicyclic) bond motifs is 1. The molecule has 6 nitrogen and oxygen atoms in total. The molecule has 0 aliphatic rings. The lowest BCUT2D eigenvalue weighted by Gasteiger charge is -2.12. The van der Waals surface area contributed by atoms with Gasteiger partial charge in [-0.05, 0) is 46.8 Å². The lowest BCUT2D eigenvalue weighted by molar-refractivity contribution is 0.516. The van der Waals surface area contributed by atoms with Crippen LogP contribution in [0.15, 0.2) is 18.2 Å². The molecule has 0 aliphatic carbocycles. The highest BCUT2D eigenvalue weighted by Crippen LogP contribution is 2.31. The van der Waals surface area contributed by atoms with Gasteiger partial charge in [0, 0.05) is 11.4 Å². The number of nitrogens with one attached hydrogen (secondary N) is 1. The van der Waals surface area contributed by atoms with E-state index in [1.807, 2.05) is 43.7 Å². The van der Waals surface area contributed by atoms with Gasteiger partial charge in [0.2, 0.25) is 0 Å². The number of nitrogens with zero attached hydrogens (tertiary/aromatic N) is 5. The van der Waals surface area contributed by atoms with E-state index in [1.165, 1.54) is 0 Å². The van der Waals surface area contributed by atoms with Gasteiger partial charge in [0.05, 0.1) is 28.3 Å². The predicted octanol–water partition coefficient (Wildman–Crippen LogP) is 3.95. The average Bonchev–Trinajstić information content (AvgIpc) is 2.83. The molecule has 0 saturated carbocycles. The fourth-order valence-corrected chi connectivity index (χ4v) is 2.90. The molecule has 0 bridgehead atoms. The van der Waals surface area contributed by atoms with Crippen molar-refractivity contribution in [3.8, 4) is 6.07 Å². The molecule has 0 amide bonds. The van der Waals surface area contributed by atoms with Crippen LogP contribution in [0.3, 0.4) is 0 Å². The van der Waals surface area contributed by atoms with E-state index in [2.05, 4.69) is 40.5 Å². The maximum absolute atomic E-state index is 9.44. The monoisotopic (exact) mass is 320 g/mol. The summed E-state index contributed by atoms with van der Waals surface area (Å²) in [5.74, 6) is 0. The second-order valence-corrected chi connectivity index (χ2v) is 6.27. The summed E-state index contributed by atoms with van der Waals surface area (Å²) in [7, 11) is 0. The molecule has 0 fully saturated rings. The summed E-state index contributed by atoms with van der Waals surface area (Å²) in [6.07, 6.45) is 0. The van der Waals surface area contributed by atoms with Gasteiger partial charge in [0.1, 0.15) is 6.07 Å². The first kappa shape index (κ1) is 15.9. The van der Waals surface area contributed by atoms with Gasteiger partial charge in [-0.15, -0.1) is 10.2 Å². The highest BCUT2D eigenvalue weighted by atomic mass is 15.3. The van der Waals surface area contributed by atoms with E-state index in [4.69, 9.17) is 0 Å². The van der Waals surface area contributed by atoms with Crippen LogP contribution in [0.4, 0.5) is 11.4 Å². The van der Waals surface area contributed by atoms with E-state index in [0.29, 0.717) is 5.69 Å². The molecular formula is C18H20N6. The largest absolute Gasteiger partial charge is 0.350 e. The van der Waals surface area contributed by atoms with Crippen LogP contribution in [0.5, 0.6) is 0 Å². The molecule has 3 aromatic rings. The first-order valence-corrected chi connectivity index (χ1v) is 7.92. The van der Waals surface area contributed by atoms with Crippen LogP contribution >= 0.6 is 0 Å². The van der Waals surface area contributed by atoms with Crippen LogP contribution in [-0.2, 0) is 0 Å². The van der Waals surface area contributed by atoms with Crippen molar-refractivity contribution in [1.82, 2.24) is 20.0 Å². The molecule has 2 aromatic heterocycles. The SMILES string of the molecule is Cc1ccc2nnc(C#N)c(Nc3c(C)nn(C(C)C)c3C)c2c1. The van der Waals surface area contributed by atoms with Gasteiger partial charge in [-0.2, -0.15) is 10.4 Å². The van der Waals surface area contributed by atoms with Crippen LogP contribution in [0.25, 0.3) is 10.9 Å². The Bertz CT molecular complexity index is 962. The maximum atomic E-state index is 9.44. The molecule has 0 atom stereocenters. The zero-order valence-corrected chi connectivity index (χ0v) is 14.5. The Morgan fingerprint density at radius 3 is 2.50 bits per heavy atom. The fourth-order valence-electron chi connectivity index (χ4n) is 2.90. The zero-order valence-electron chi connectivity index (χ0n) is 14.5. The quantitative estimate of drug-likeness (QED) is 0.790. The molecule has 122 valence electrons. The molecule has 3 rings (SSSR count). The van der Waals surface area contributed by atoms with Crippen molar-refractivity contribution in [3.63, 3.8) is 0 Å². The number of aromatic nitrogens is 4. The number of rotatable bonds is 3. The van der Waals surface area contributed by atoms with Crippen molar-refractivity contribution < 1.29 is 0 Å². The molecule has 1 N–H and O–H groups in total. The van der Waals surface area contributed by atoms with E-state index in [-0.39, 0.29) is 11.7 Å². The van der Waals surface area contributed by atoms with Crippen molar-refractivity contribution >= 4 is 22.3 Å². The van der Waals surface area contributed by atoms with Crippen LogP contribution in [0.2, 0.25) is 0 Å². The second-order valence-electron chi connectivity index (χ2n) is 6.27. The van der Waals surface area contributed by atoms with Crippen LogP contribution in [-0.4, -0.2) is 20.0 Å². The minimum atomic E-state index is 0.268. The molecule has 0 radical (unpaired) electrons.